The number of rotatable bonds is 4. The highest BCUT2D eigenvalue weighted by molar-refractivity contribution is 9.10. The molecule has 0 amide bonds. The van der Waals surface area contributed by atoms with Gasteiger partial charge in [0.1, 0.15) is 11.6 Å². The van der Waals surface area contributed by atoms with Crippen molar-refractivity contribution in [2.75, 3.05) is 7.11 Å². The Hall–Kier alpha value is -1.82. The van der Waals surface area contributed by atoms with E-state index in [1.54, 1.807) is 13.2 Å². The second-order valence-electron chi connectivity index (χ2n) is 4.59. The Morgan fingerprint density at radius 2 is 2.15 bits per heavy atom. The molecule has 0 fully saturated rings. The van der Waals surface area contributed by atoms with Crippen LogP contribution in [0.3, 0.4) is 0 Å². The highest BCUT2D eigenvalue weighted by Gasteiger charge is 2.11. The number of halogens is 1. The van der Waals surface area contributed by atoms with Gasteiger partial charge in [0.05, 0.1) is 35.1 Å². The third-order valence-electron chi connectivity index (χ3n) is 3.18. The van der Waals surface area contributed by atoms with Gasteiger partial charge >= 0.3 is 0 Å². The van der Waals surface area contributed by atoms with E-state index in [0.29, 0.717) is 17.9 Å². The van der Waals surface area contributed by atoms with Crippen molar-refractivity contribution in [3.8, 4) is 5.75 Å². The predicted molar refractivity (Wildman–Crippen MR) is 82.5 cm³/mol. The van der Waals surface area contributed by atoms with Crippen LogP contribution in [0, 0.1) is 19.3 Å². The largest absolute Gasteiger partial charge is 0.496 e. The molecule has 2 aromatic rings. The SMILES string of the molecule is COc1cc(Cn2nc(C)c(Br)c2C)ccc1C(=N)N. The molecule has 0 radical (unpaired) electrons. The van der Waals surface area contributed by atoms with Crippen LogP contribution in [-0.4, -0.2) is 22.7 Å². The maximum Gasteiger partial charge on any atom is 0.130 e. The van der Waals surface area contributed by atoms with Crippen molar-refractivity contribution < 1.29 is 4.74 Å². The van der Waals surface area contributed by atoms with Crippen molar-refractivity contribution in [2.24, 2.45) is 5.73 Å². The minimum atomic E-state index is 0.00209. The van der Waals surface area contributed by atoms with E-state index in [1.165, 1.54) is 0 Å². The van der Waals surface area contributed by atoms with Crippen molar-refractivity contribution in [2.45, 2.75) is 20.4 Å². The highest BCUT2D eigenvalue weighted by Crippen LogP contribution is 2.23. The smallest absolute Gasteiger partial charge is 0.130 e. The molecule has 6 heteroatoms. The van der Waals surface area contributed by atoms with E-state index in [-0.39, 0.29) is 5.84 Å². The number of benzene rings is 1. The first-order valence-corrected chi connectivity index (χ1v) is 6.94. The molecule has 5 nitrogen and oxygen atoms in total. The van der Waals surface area contributed by atoms with Crippen LogP contribution >= 0.6 is 15.9 Å². The van der Waals surface area contributed by atoms with Crippen LogP contribution in [0.4, 0.5) is 0 Å². The van der Waals surface area contributed by atoms with Gasteiger partial charge in [-0.2, -0.15) is 5.10 Å². The lowest BCUT2D eigenvalue weighted by atomic mass is 10.1. The maximum atomic E-state index is 7.51. The third kappa shape index (κ3) is 2.70. The zero-order chi connectivity index (χ0) is 14.9. The Bertz CT molecular complexity index is 663. The van der Waals surface area contributed by atoms with Crippen LogP contribution in [0.15, 0.2) is 22.7 Å². The number of nitrogens with zero attached hydrogens (tertiary/aromatic N) is 2. The average Bonchev–Trinajstić information content (AvgIpc) is 2.66. The molecule has 3 N–H and O–H groups in total. The fraction of sp³-hybridized carbons (Fsp3) is 0.286. The van der Waals surface area contributed by atoms with Crippen LogP contribution in [0.5, 0.6) is 5.75 Å². The number of aryl methyl sites for hydroxylation is 1. The molecular formula is C14H17BrN4O. The summed E-state index contributed by atoms with van der Waals surface area (Å²) in [5.41, 5.74) is 9.22. The third-order valence-corrected chi connectivity index (χ3v) is 4.33. The maximum absolute atomic E-state index is 7.51. The van der Waals surface area contributed by atoms with Crippen LogP contribution in [0.25, 0.3) is 0 Å². The standard InChI is InChI=1S/C14H17BrN4O/c1-8-13(15)9(2)19(18-8)7-10-4-5-11(14(16)17)12(6-10)20-3/h4-6H,7H2,1-3H3,(H3,16,17). The molecule has 0 aliphatic heterocycles. The van der Waals surface area contributed by atoms with Crippen LogP contribution in [0.1, 0.15) is 22.5 Å². The summed E-state index contributed by atoms with van der Waals surface area (Å²) in [4.78, 5) is 0. The molecule has 0 aliphatic rings. The number of methoxy groups -OCH3 is 1. The lowest BCUT2D eigenvalue weighted by Gasteiger charge is -2.10. The first-order valence-electron chi connectivity index (χ1n) is 6.15. The lowest BCUT2D eigenvalue weighted by molar-refractivity contribution is 0.413. The van der Waals surface area contributed by atoms with E-state index in [9.17, 15) is 0 Å². The highest BCUT2D eigenvalue weighted by atomic mass is 79.9. The number of hydrogen-bond donors (Lipinski definition) is 2. The van der Waals surface area contributed by atoms with Gasteiger partial charge in [-0.25, -0.2) is 0 Å². The molecule has 0 bridgehead atoms. The van der Waals surface area contributed by atoms with E-state index in [2.05, 4.69) is 21.0 Å². The second-order valence-corrected chi connectivity index (χ2v) is 5.38. The van der Waals surface area contributed by atoms with E-state index in [4.69, 9.17) is 15.9 Å². The average molecular weight is 337 g/mol. The summed E-state index contributed by atoms with van der Waals surface area (Å²) in [7, 11) is 1.57. The molecule has 0 saturated heterocycles. The molecule has 0 spiro atoms. The fourth-order valence-electron chi connectivity index (χ4n) is 2.06. The monoisotopic (exact) mass is 336 g/mol. The summed E-state index contributed by atoms with van der Waals surface area (Å²) < 4.78 is 8.25. The molecule has 2 rings (SSSR count). The molecule has 1 heterocycles. The van der Waals surface area contributed by atoms with Crippen LogP contribution < -0.4 is 10.5 Å². The van der Waals surface area contributed by atoms with Gasteiger partial charge in [0.2, 0.25) is 0 Å². The Labute approximate surface area is 126 Å². The zero-order valence-corrected chi connectivity index (χ0v) is 13.3. The molecule has 106 valence electrons. The molecule has 0 atom stereocenters. The van der Waals surface area contributed by atoms with E-state index in [0.717, 1.165) is 21.4 Å². The Balaban J connectivity index is 2.34. The molecule has 1 aromatic carbocycles. The number of hydrogen-bond acceptors (Lipinski definition) is 3. The predicted octanol–water partition coefficient (Wildman–Crippen LogP) is 2.60. The number of ether oxygens (including phenoxy) is 1. The van der Waals surface area contributed by atoms with E-state index < -0.39 is 0 Å². The van der Waals surface area contributed by atoms with Crippen molar-refractivity contribution in [1.82, 2.24) is 9.78 Å². The minimum absolute atomic E-state index is 0.00209. The molecule has 1 aromatic heterocycles. The fourth-order valence-corrected chi connectivity index (χ4v) is 2.34. The quantitative estimate of drug-likeness (QED) is 0.665. The number of amidine groups is 1. The number of aromatic nitrogens is 2. The summed E-state index contributed by atoms with van der Waals surface area (Å²) in [6, 6.07) is 5.63. The zero-order valence-electron chi connectivity index (χ0n) is 11.7. The first kappa shape index (κ1) is 14.6. The van der Waals surface area contributed by atoms with Crippen molar-refractivity contribution in [3.63, 3.8) is 0 Å². The van der Waals surface area contributed by atoms with Gasteiger partial charge in [-0.15, -0.1) is 0 Å². The van der Waals surface area contributed by atoms with Gasteiger partial charge in [-0.05, 0) is 47.5 Å². The molecule has 0 unspecified atom stereocenters. The summed E-state index contributed by atoms with van der Waals surface area (Å²) in [5, 5.41) is 12.0. The topological polar surface area (TPSA) is 76.9 Å². The number of nitrogens with two attached hydrogens (primary N) is 1. The van der Waals surface area contributed by atoms with Gasteiger partial charge in [-0.3, -0.25) is 10.1 Å². The Morgan fingerprint density at radius 1 is 1.45 bits per heavy atom. The van der Waals surface area contributed by atoms with Gasteiger partial charge in [0.25, 0.3) is 0 Å². The van der Waals surface area contributed by atoms with Crippen molar-refractivity contribution in [1.29, 1.82) is 5.41 Å². The van der Waals surface area contributed by atoms with E-state index in [1.807, 2.05) is 30.7 Å². The summed E-state index contributed by atoms with van der Waals surface area (Å²) in [5.74, 6) is 0.609. The minimum Gasteiger partial charge on any atom is -0.496 e. The molecule has 20 heavy (non-hydrogen) atoms. The lowest BCUT2D eigenvalue weighted by Crippen LogP contribution is -2.13. The van der Waals surface area contributed by atoms with Crippen LogP contribution in [-0.2, 0) is 6.54 Å². The van der Waals surface area contributed by atoms with Crippen molar-refractivity contribution >= 4 is 21.8 Å². The van der Waals surface area contributed by atoms with Crippen molar-refractivity contribution in [3.05, 3.63) is 45.2 Å². The Kier molecular flexibility index (Phi) is 4.13. The second kappa shape index (κ2) is 5.66. The molecule has 0 saturated carbocycles. The first-order chi connectivity index (χ1) is 9.43. The molecular weight excluding hydrogens is 320 g/mol. The van der Waals surface area contributed by atoms with Gasteiger partial charge < -0.3 is 10.5 Å². The Morgan fingerprint density at radius 3 is 2.65 bits per heavy atom. The van der Waals surface area contributed by atoms with E-state index >= 15 is 0 Å². The van der Waals surface area contributed by atoms with Gasteiger partial charge in [-0.1, -0.05) is 6.07 Å². The van der Waals surface area contributed by atoms with Crippen LogP contribution in [0.2, 0.25) is 0 Å². The van der Waals surface area contributed by atoms with Gasteiger partial charge in [0, 0.05) is 0 Å². The summed E-state index contributed by atoms with van der Waals surface area (Å²) >= 11 is 3.52. The van der Waals surface area contributed by atoms with Gasteiger partial charge in [0.15, 0.2) is 0 Å². The normalized spacial score (nSPS) is 10.6. The number of nitrogens with one attached hydrogen (secondary N) is 1. The molecule has 0 aliphatic carbocycles. The summed E-state index contributed by atoms with van der Waals surface area (Å²) in [6.07, 6.45) is 0. The number of nitrogen functional groups attached to an aromatic ring is 1. The summed E-state index contributed by atoms with van der Waals surface area (Å²) in [6.45, 7) is 4.63.